The fraction of sp³-hybridized carbons (Fsp3) is 0.444. The molecule has 0 radical (unpaired) electrons. The van der Waals surface area contributed by atoms with Gasteiger partial charge in [-0.2, -0.15) is 0 Å². The van der Waals surface area contributed by atoms with Crippen LogP contribution in [0.2, 0.25) is 0 Å². The van der Waals surface area contributed by atoms with Gasteiger partial charge in [0.05, 0.1) is 0 Å². The van der Waals surface area contributed by atoms with E-state index in [1.54, 1.807) is 13.3 Å². The Balaban J connectivity index is 2.99. The third kappa shape index (κ3) is 3.11. The summed E-state index contributed by atoms with van der Waals surface area (Å²) in [5, 5.41) is 0. The maximum absolute atomic E-state index is 11.0. The fourth-order valence-electron chi connectivity index (χ4n) is 1.29. The van der Waals surface area contributed by atoms with Crippen LogP contribution in [0.4, 0.5) is 0 Å². The topological polar surface area (TPSA) is 42.9 Å². The summed E-state index contributed by atoms with van der Waals surface area (Å²) in [6, 6.07) is 0. The lowest BCUT2D eigenvalue weighted by molar-refractivity contribution is -0.117. The normalized spacial score (nSPS) is 12.6. The van der Waals surface area contributed by atoms with Gasteiger partial charge in [-0.25, -0.2) is 9.97 Å². The van der Waals surface area contributed by atoms with Gasteiger partial charge in [-0.1, -0.05) is 6.92 Å². The molecule has 0 saturated carbocycles. The zero-order chi connectivity index (χ0) is 10.7. The maximum atomic E-state index is 11.0. The molecule has 1 atom stereocenters. The quantitative estimate of drug-likeness (QED) is 0.563. The molecule has 14 heavy (non-hydrogen) atoms. The van der Waals surface area contributed by atoms with E-state index < -0.39 is 0 Å². The Hall–Kier alpha value is 0.210. The summed E-state index contributed by atoms with van der Waals surface area (Å²) >= 11 is 4.36. The summed E-state index contributed by atoms with van der Waals surface area (Å²) in [6.45, 7) is 3.64. The molecule has 0 aliphatic carbocycles. The number of carbonyl (C=O) groups excluding carboxylic acids is 1. The van der Waals surface area contributed by atoms with E-state index in [9.17, 15) is 4.79 Å². The van der Waals surface area contributed by atoms with Crippen LogP contribution in [0, 0.1) is 7.40 Å². The van der Waals surface area contributed by atoms with Gasteiger partial charge in [-0.05, 0) is 58.0 Å². The lowest BCUT2D eigenvalue weighted by Gasteiger charge is -2.12. The summed E-state index contributed by atoms with van der Waals surface area (Å²) in [5.74, 6) is 0.403. The highest BCUT2D eigenvalue weighted by molar-refractivity contribution is 14.1. The van der Waals surface area contributed by atoms with Crippen LogP contribution in [0.1, 0.15) is 31.7 Å². The van der Waals surface area contributed by atoms with E-state index in [1.807, 2.05) is 6.92 Å². The zero-order valence-corrected chi connectivity index (χ0v) is 12.2. The first-order valence-electron chi connectivity index (χ1n) is 4.17. The highest BCUT2D eigenvalue weighted by Gasteiger charge is 2.16. The molecule has 0 saturated heterocycles. The number of aromatic nitrogens is 2. The van der Waals surface area contributed by atoms with E-state index in [0.717, 1.165) is 13.0 Å². The molecule has 1 aromatic heterocycles. The number of Topliss-reactive ketones (excluding diaryl/α,β-unsaturated/α-hetero) is 1. The number of hydrogen-bond acceptors (Lipinski definition) is 3. The fourth-order valence-corrected chi connectivity index (χ4v) is 3.63. The molecule has 1 rings (SSSR count). The van der Waals surface area contributed by atoms with Crippen molar-refractivity contribution >= 4 is 51.0 Å². The van der Waals surface area contributed by atoms with Crippen LogP contribution in [0.15, 0.2) is 6.33 Å². The van der Waals surface area contributed by atoms with Crippen LogP contribution in [0.3, 0.4) is 0 Å². The number of carbonyl (C=O) groups is 1. The Morgan fingerprint density at radius 3 is 2.36 bits per heavy atom. The Bertz CT molecular complexity index is 334. The molecular formula is C9H10I2N2O. The number of ketones is 1. The molecule has 0 fully saturated rings. The molecule has 5 heteroatoms. The number of rotatable bonds is 3. The molecule has 0 aliphatic heterocycles. The van der Waals surface area contributed by atoms with Crippen LogP contribution < -0.4 is 0 Å². The first kappa shape index (κ1) is 12.3. The van der Waals surface area contributed by atoms with Gasteiger partial charge in [0.1, 0.15) is 19.5 Å². The van der Waals surface area contributed by atoms with Crippen molar-refractivity contribution in [3.8, 4) is 0 Å². The Labute approximate surface area is 110 Å². The standard InChI is InChI=1S/C9H10I2N2O/c1-5(3-6(2)14)7-8(10)12-4-13-9(7)11/h4-5H,3H2,1-2H3/t5-/m1/s1. The highest BCUT2D eigenvalue weighted by Crippen LogP contribution is 2.26. The number of hydrogen-bond donors (Lipinski definition) is 0. The highest BCUT2D eigenvalue weighted by atomic mass is 127. The van der Waals surface area contributed by atoms with Crippen LogP contribution in [-0.4, -0.2) is 15.8 Å². The van der Waals surface area contributed by atoms with E-state index in [0.29, 0.717) is 6.42 Å². The van der Waals surface area contributed by atoms with E-state index >= 15 is 0 Å². The second kappa shape index (κ2) is 5.34. The van der Waals surface area contributed by atoms with Crippen molar-refractivity contribution in [3.63, 3.8) is 0 Å². The van der Waals surface area contributed by atoms with Gasteiger partial charge in [-0.3, -0.25) is 0 Å². The molecule has 0 spiro atoms. The summed E-state index contributed by atoms with van der Waals surface area (Å²) in [6.07, 6.45) is 2.10. The minimum absolute atomic E-state index is 0.201. The molecule has 0 aliphatic rings. The zero-order valence-electron chi connectivity index (χ0n) is 7.92. The maximum Gasteiger partial charge on any atom is 0.130 e. The smallest absolute Gasteiger partial charge is 0.130 e. The second-order valence-electron chi connectivity index (χ2n) is 3.18. The van der Waals surface area contributed by atoms with Crippen molar-refractivity contribution in [2.75, 3.05) is 0 Å². The molecule has 0 bridgehead atoms. The Morgan fingerprint density at radius 2 is 1.93 bits per heavy atom. The molecule has 1 heterocycles. The minimum Gasteiger partial charge on any atom is -0.300 e. The predicted octanol–water partition coefficient (Wildman–Crippen LogP) is 2.77. The molecular weight excluding hydrogens is 406 g/mol. The van der Waals surface area contributed by atoms with Crippen molar-refractivity contribution in [1.29, 1.82) is 0 Å². The summed E-state index contributed by atoms with van der Waals surface area (Å²) in [4.78, 5) is 19.3. The molecule has 0 N–H and O–H groups in total. The van der Waals surface area contributed by atoms with Crippen LogP contribution in [0.25, 0.3) is 0 Å². The van der Waals surface area contributed by atoms with Gasteiger partial charge in [0.2, 0.25) is 0 Å². The molecule has 0 aromatic carbocycles. The first-order valence-corrected chi connectivity index (χ1v) is 6.33. The SMILES string of the molecule is CC(=O)C[C@@H](C)c1c(I)ncnc1I. The van der Waals surface area contributed by atoms with Crippen molar-refractivity contribution < 1.29 is 4.79 Å². The third-order valence-corrected chi connectivity index (χ3v) is 3.59. The van der Waals surface area contributed by atoms with Crippen LogP contribution in [0.5, 0.6) is 0 Å². The van der Waals surface area contributed by atoms with Crippen molar-refractivity contribution in [2.24, 2.45) is 0 Å². The Morgan fingerprint density at radius 1 is 1.43 bits per heavy atom. The summed E-state index contributed by atoms with van der Waals surface area (Å²) in [5.41, 5.74) is 1.09. The van der Waals surface area contributed by atoms with Crippen LogP contribution >= 0.6 is 45.2 Å². The Kier molecular flexibility index (Phi) is 4.68. The monoisotopic (exact) mass is 416 g/mol. The molecule has 76 valence electrons. The lowest BCUT2D eigenvalue weighted by Crippen LogP contribution is -2.07. The van der Waals surface area contributed by atoms with Crippen molar-refractivity contribution in [3.05, 3.63) is 19.3 Å². The third-order valence-electron chi connectivity index (χ3n) is 1.87. The van der Waals surface area contributed by atoms with E-state index in [1.165, 1.54) is 0 Å². The second-order valence-corrected chi connectivity index (χ2v) is 5.22. The van der Waals surface area contributed by atoms with E-state index in [2.05, 4.69) is 55.1 Å². The first-order chi connectivity index (χ1) is 6.52. The average molecular weight is 416 g/mol. The lowest BCUT2D eigenvalue weighted by atomic mass is 9.99. The molecule has 1 aromatic rings. The van der Waals surface area contributed by atoms with Gasteiger partial charge in [0.25, 0.3) is 0 Å². The summed E-state index contributed by atoms with van der Waals surface area (Å²) < 4.78 is 1.88. The molecule has 0 amide bonds. The average Bonchev–Trinajstić information content (AvgIpc) is 2.01. The number of nitrogens with zero attached hydrogens (tertiary/aromatic N) is 2. The van der Waals surface area contributed by atoms with Gasteiger partial charge in [0.15, 0.2) is 0 Å². The number of halogens is 2. The largest absolute Gasteiger partial charge is 0.300 e. The van der Waals surface area contributed by atoms with Gasteiger partial charge in [-0.15, -0.1) is 0 Å². The molecule has 0 unspecified atom stereocenters. The van der Waals surface area contributed by atoms with Gasteiger partial charge >= 0.3 is 0 Å². The molecule has 3 nitrogen and oxygen atoms in total. The minimum atomic E-state index is 0.201. The predicted molar refractivity (Wildman–Crippen MR) is 71.2 cm³/mol. The van der Waals surface area contributed by atoms with Crippen molar-refractivity contribution in [1.82, 2.24) is 9.97 Å². The summed E-state index contributed by atoms with van der Waals surface area (Å²) in [7, 11) is 0. The van der Waals surface area contributed by atoms with Gasteiger partial charge < -0.3 is 4.79 Å². The van der Waals surface area contributed by atoms with E-state index in [-0.39, 0.29) is 11.7 Å². The van der Waals surface area contributed by atoms with Crippen molar-refractivity contribution in [2.45, 2.75) is 26.2 Å². The van der Waals surface area contributed by atoms with Crippen LogP contribution in [-0.2, 0) is 4.79 Å². The van der Waals surface area contributed by atoms with E-state index in [4.69, 9.17) is 0 Å². The van der Waals surface area contributed by atoms with Gasteiger partial charge in [0, 0.05) is 12.0 Å².